The fraction of sp³-hybridized carbons (Fsp3) is 0.385. The fourth-order valence-corrected chi connectivity index (χ4v) is 1.87. The van der Waals surface area contributed by atoms with E-state index in [0.717, 1.165) is 0 Å². The molecule has 0 aromatic heterocycles. The van der Waals surface area contributed by atoms with E-state index in [0.29, 0.717) is 17.1 Å². The van der Waals surface area contributed by atoms with Crippen molar-refractivity contribution in [2.24, 2.45) is 0 Å². The number of para-hydroxylation sites is 1. The highest BCUT2D eigenvalue weighted by molar-refractivity contribution is 5.72. The zero-order valence-corrected chi connectivity index (χ0v) is 11.3. The van der Waals surface area contributed by atoms with Gasteiger partial charge in [-0.25, -0.2) is 0 Å². The van der Waals surface area contributed by atoms with Crippen molar-refractivity contribution in [3.05, 3.63) is 23.8 Å². The summed E-state index contributed by atoms with van der Waals surface area (Å²) < 4.78 is 10.4. The highest BCUT2D eigenvalue weighted by Crippen LogP contribution is 2.31. The number of carboxylic acids is 2. The second-order valence-electron chi connectivity index (χ2n) is 4.09. The van der Waals surface area contributed by atoms with Gasteiger partial charge in [0, 0.05) is 12.1 Å². The van der Waals surface area contributed by atoms with Gasteiger partial charge in [-0.1, -0.05) is 12.1 Å². The number of methoxy groups -OCH3 is 2. The lowest BCUT2D eigenvalue weighted by molar-refractivity contribution is -0.142. The lowest BCUT2D eigenvalue weighted by Gasteiger charge is -2.20. The Morgan fingerprint density at radius 3 is 2.15 bits per heavy atom. The van der Waals surface area contributed by atoms with Gasteiger partial charge >= 0.3 is 11.9 Å². The van der Waals surface area contributed by atoms with Crippen LogP contribution in [0.15, 0.2) is 18.2 Å². The zero-order chi connectivity index (χ0) is 15.1. The Kier molecular flexibility index (Phi) is 5.79. The molecule has 0 saturated carbocycles. The maximum Gasteiger partial charge on any atom is 0.317 e. The minimum absolute atomic E-state index is 0.138. The molecular weight excluding hydrogens is 266 g/mol. The van der Waals surface area contributed by atoms with Crippen LogP contribution in [0.4, 0.5) is 0 Å². The molecule has 110 valence electrons. The van der Waals surface area contributed by atoms with Crippen LogP contribution in [0.2, 0.25) is 0 Å². The first-order chi connectivity index (χ1) is 9.47. The topological polar surface area (TPSA) is 96.3 Å². The van der Waals surface area contributed by atoms with Crippen molar-refractivity contribution in [1.29, 1.82) is 0 Å². The number of hydrogen-bond donors (Lipinski definition) is 2. The number of benzene rings is 1. The average Bonchev–Trinajstić information content (AvgIpc) is 2.36. The van der Waals surface area contributed by atoms with E-state index in [4.69, 9.17) is 19.7 Å². The summed E-state index contributed by atoms with van der Waals surface area (Å²) in [4.78, 5) is 22.8. The van der Waals surface area contributed by atoms with Gasteiger partial charge in [0.1, 0.15) is 0 Å². The quantitative estimate of drug-likeness (QED) is 0.724. The van der Waals surface area contributed by atoms with E-state index in [9.17, 15) is 9.59 Å². The SMILES string of the molecule is COc1cccc(CN(CC(=O)O)CC(=O)O)c1OC. The maximum absolute atomic E-state index is 10.8. The zero-order valence-electron chi connectivity index (χ0n) is 11.3. The van der Waals surface area contributed by atoms with Crippen LogP contribution in [0.25, 0.3) is 0 Å². The Balaban J connectivity index is 2.97. The molecule has 0 heterocycles. The van der Waals surface area contributed by atoms with Crippen LogP contribution in [0.5, 0.6) is 11.5 Å². The molecule has 0 fully saturated rings. The molecule has 0 radical (unpaired) electrons. The van der Waals surface area contributed by atoms with Crippen LogP contribution in [-0.4, -0.2) is 54.4 Å². The summed E-state index contributed by atoms with van der Waals surface area (Å²) in [5.41, 5.74) is 0.661. The van der Waals surface area contributed by atoms with E-state index in [1.165, 1.54) is 19.1 Å². The number of hydrogen-bond acceptors (Lipinski definition) is 5. The smallest absolute Gasteiger partial charge is 0.317 e. The highest BCUT2D eigenvalue weighted by Gasteiger charge is 2.17. The van der Waals surface area contributed by atoms with Crippen molar-refractivity contribution < 1.29 is 29.3 Å². The van der Waals surface area contributed by atoms with Gasteiger partial charge in [-0.05, 0) is 6.07 Å². The second-order valence-corrected chi connectivity index (χ2v) is 4.09. The van der Waals surface area contributed by atoms with Crippen LogP contribution < -0.4 is 9.47 Å². The Morgan fingerprint density at radius 2 is 1.70 bits per heavy atom. The molecular formula is C13H17NO6. The molecule has 7 heteroatoms. The molecule has 2 N–H and O–H groups in total. The van der Waals surface area contributed by atoms with Crippen molar-refractivity contribution in [2.45, 2.75) is 6.54 Å². The van der Waals surface area contributed by atoms with E-state index in [2.05, 4.69) is 0 Å². The third-order valence-electron chi connectivity index (χ3n) is 2.60. The predicted molar refractivity (Wildman–Crippen MR) is 70.1 cm³/mol. The minimum atomic E-state index is -1.09. The van der Waals surface area contributed by atoms with Gasteiger partial charge in [0.2, 0.25) is 0 Å². The summed E-state index contributed by atoms with van der Waals surface area (Å²) in [5, 5.41) is 17.6. The molecule has 7 nitrogen and oxygen atoms in total. The molecule has 0 unspecified atom stereocenters. The molecule has 0 bridgehead atoms. The summed E-state index contributed by atoms with van der Waals surface area (Å²) in [5.74, 6) is -1.20. The van der Waals surface area contributed by atoms with Gasteiger partial charge in [0.15, 0.2) is 11.5 Å². The molecule has 1 aromatic carbocycles. The Labute approximate surface area is 116 Å². The normalized spacial score (nSPS) is 10.3. The van der Waals surface area contributed by atoms with Gasteiger partial charge in [-0.2, -0.15) is 0 Å². The Bertz CT molecular complexity index is 472. The number of carboxylic acid groups (broad SMARTS) is 2. The molecule has 0 spiro atoms. The highest BCUT2D eigenvalue weighted by atomic mass is 16.5. The summed E-state index contributed by atoms with van der Waals surface area (Å²) >= 11 is 0. The second kappa shape index (κ2) is 7.34. The number of carbonyl (C=O) groups is 2. The Hall–Kier alpha value is -2.28. The first-order valence-electron chi connectivity index (χ1n) is 5.83. The van der Waals surface area contributed by atoms with Crippen LogP contribution >= 0.6 is 0 Å². The van der Waals surface area contributed by atoms with Gasteiger partial charge in [-0.3, -0.25) is 14.5 Å². The predicted octanol–water partition coefficient (Wildman–Crippen LogP) is 0.675. The molecule has 1 rings (SSSR count). The molecule has 0 aliphatic carbocycles. The number of rotatable bonds is 8. The number of aliphatic carboxylic acids is 2. The van der Waals surface area contributed by atoms with Crippen LogP contribution in [-0.2, 0) is 16.1 Å². The maximum atomic E-state index is 10.8. The van der Waals surface area contributed by atoms with Crippen LogP contribution in [0, 0.1) is 0 Å². The van der Waals surface area contributed by atoms with E-state index < -0.39 is 11.9 Å². The van der Waals surface area contributed by atoms with Gasteiger partial charge in [0.25, 0.3) is 0 Å². The van der Waals surface area contributed by atoms with E-state index in [1.807, 2.05) is 0 Å². The summed E-state index contributed by atoms with van der Waals surface area (Å²) in [6.45, 7) is -0.599. The number of ether oxygens (including phenoxy) is 2. The molecule has 0 atom stereocenters. The monoisotopic (exact) mass is 283 g/mol. The van der Waals surface area contributed by atoms with E-state index in [1.54, 1.807) is 18.2 Å². The first kappa shape index (κ1) is 15.8. The standard InChI is InChI=1S/C13H17NO6/c1-19-10-5-3-4-9(13(10)20-2)6-14(7-11(15)16)8-12(17)18/h3-5H,6-8H2,1-2H3,(H,15,16)(H,17,18). The van der Waals surface area contributed by atoms with Crippen molar-refractivity contribution in [1.82, 2.24) is 4.90 Å². The minimum Gasteiger partial charge on any atom is -0.493 e. The third kappa shape index (κ3) is 4.43. The lowest BCUT2D eigenvalue weighted by Crippen LogP contribution is -2.34. The van der Waals surface area contributed by atoms with Gasteiger partial charge in [0.05, 0.1) is 27.3 Å². The summed E-state index contributed by atoms with van der Waals surface area (Å²) in [6, 6.07) is 5.18. The molecule has 0 aliphatic rings. The lowest BCUT2D eigenvalue weighted by atomic mass is 10.1. The van der Waals surface area contributed by atoms with Gasteiger partial charge < -0.3 is 19.7 Å². The van der Waals surface area contributed by atoms with Crippen LogP contribution in [0.3, 0.4) is 0 Å². The van der Waals surface area contributed by atoms with Crippen LogP contribution in [0.1, 0.15) is 5.56 Å². The molecule has 20 heavy (non-hydrogen) atoms. The van der Waals surface area contributed by atoms with Crippen molar-refractivity contribution >= 4 is 11.9 Å². The summed E-state index contributed by atoms with van der Waals surface area (Å²) in [7, 11) is 2.97. The van der Waals surface area contributed by atoms with Gasteiger partial charge in [-0.15, -0.1) is 0 Å². The first-order valence-corrected chi connectivity index (χ1v) is 5.83. The molecule has 0 aliphatic heterocycles. The fourth-order valence-electron chi connectivity index (χ4n) is 1.87. The largest absolute Gasteiger partial charge is 0.493 e. The Morgan fingerprint density at radius 1 is 1.10 bits per heavy atom. The van der Waals surface area contributed by atoms with E-state index >= 15 is 0 Å². The van der Waals surface area contributed by atoms with Crippen molar-refractivity contribution in [3.8, 4) is 11.5 Å². The third-order valence-corrected chi connectivity index (χ3v) is 2.60. The average molecular weight is 283 g/mol. The van der Waals surface area contributed by atoms with E-state index in [-0.39, 0.29) is 19.6 Å². The van der Waals surface area contributed by atoms with Crippen molar-refractivity contribution in [3.63, 3.8) is 0 Å². The molecule has 0 saturated heterocycles. The summed E-state index contributed by atoms with van der Waals surface area (Å²) in [6.07, 6.45) is 0. The van der Waals surface area contributed by atoms with Crippen molar-refractivity contribution in [2.75, 3.05) is 27.3 Å². The number of nitrogens with zero attached hydrogens (tertiary/aromatic N) is 1. The molecule has 0 amide bonds. The molecule has 1 aromatic rings.